The van der Waals surface area contributed by atoms with E-state index in [-0.39, 0.29) is 5.91 Å². The zero-order valence-electron chi connectivity index (χ0n) is 17.4. The van der Waals surface area contributed by atoms with Crippen molar-refractivity contribution in [2.45, 2.75) is 20.5 Å². The highest BCUT2D eigenvalue weighted by Gasteiger charge is 2.33. The maximum absolute atomic E-state index is 13.1. The van der Waals surface area contributed by atoms with Crippen molar-refractivity contribution in [3.8, 4) is 5.75 Å². The summed E-state index contributed by atoms with van der Waals surface area (Å²) in [5, 5.41) is 0. The maximum Gasteiger partial charge on any atom is 0.270 e. The predicted octanol–water partition coefficient (Wildman–Crippen LogP) is 7.50. The molecule has 3 nitrogen and oxygen atoms in total. The molecule has 1 amide bonds. The van der Waals surface area contributed by atoms with Gasteiger partial charge in [0, 0.05) is 0 Å². The van der Waals surface area contributed by atoms with Gasteiger partial charge in [-0.3, -0.25) is 9.69 Å². The molecule has 3 aromatic rings. The Morgan fingerprint density at radius 3 is 2.34 bits per heavy atom. The lowest BCUT2D eigenvalue weighted by Crippen LogP contribution is -2.27. The number of nitrogens with zero attached hydrogens (tertiary/aromatic N) is 1. The van der Waals surface area contributed by atoms with Crippen molar-refractivity contribution in [1.29, 1.82) is 0 Å². The molecule has 0 aliphatic carbocycles. The lowest BCUT2D eigenvalue weighted by atomic mass is 10.1. The molecule has 0 unspecified atom stereocenters. The van der Waals surface area contributed by atoms with Gasteiger partial charge in [0.1, 0.15) is 12.4 Å². The number of aryl methyl sites for hydroxylation is 2. The summed E-state index contributed by atoms with van der Waals surface area (Å²) in [6, 6.07) is 20.1. The van der Waals surface area contributed by atoms with Gasteiger partial charge in [-0.25, -0.2) is 0 Å². The highest BCUT2D eigenvalue weighted by atomic mass is 127. The number of amides is 1. The molecule has 1 aliphatic heterocycles. The van der Waals surface area contributed by atoms with E-state index in [1.54, 1.807) is 4.90 Å². The maximum atomic E-state index is 13.1. The van der Waals surface area contributed by atoms with E-state index in [1.807, 2.05) is 73.7 Å². The Balaban J connectivity index is 1.56. The Morgan fingerprint density at radius 1 is 1.00 bits per heavy atom. The van der Waals surface area contributed by atoms with Crippen LogP contribution in [0.3, 0.4) is 0 Å². The minimum Gasteiger partial charge on any atom is -0.487 e. The first kappa shape index (κ1) is 23.7. The topological polar surface area (TPSA) is 29.5 Å². The first-order valence-electron chi connectivity index (χ1n) is 9.84. The summed E-state index contributed by atoms with van der Waals surface area (Å²) < 4.78 is 8.63. The third-order valence-electron chi connectivity index (χ3n) is 5.09. The molecule has 4 rings (SSSR count). The Morgan fingerprint density at radius 2 is 1.69 bits per heavy atom. The molecule has 3 aromatic carbocycles. The van der Waals surface area contributed by atoms with E-state index >= 15 is 0 Å². The fraction of sp³-hybridized carbons (Fsp3) is 0.120. The highest BCUT2D eigenvalue weighted by molar-refractivity contribution is 14.1. The van der Waals surface area contributed by atoms with Crippen LogP contribution in [0.4, 0.5) is 5.69 Å². The quantitative estimate of drug-likeness (QED) is 0.158. The van der Waals surface area contributed by atoms with Gasteiger partial charge in [-0.1, -0.05) is 60.4 Å². The second-order valence-corrected chi connectivity index (χ2v) is 11.4. The van der Waals surface area contributed by atoms with Gasteiger partial charge in [0.05, 0.1) is 17.7 Å². The Bertz CT molecular complexity index is 1220. The molecule has 0 atom stereocenters. The van der Waals surface area contributed by atoms with Crippen LogP contribution in [0.1, 0.15) is 22.3 Å². The molecule has 32 heavy (non-hydrogen) atoms. The van der Waals surface area contributed by atoms with E-state index in [0.29, 0.717) is 15.8 Å². The third-order valence-corrected chi connectivity index (χ3v) is 7.99. The van der Waals surface area contributed by atoms with E-state index in [2.05, 4.69) is 52.1 Å². The Kier molecular flexibility index (Phi) is 7.58. The van der Waals surface area contributed by atoms with Crippen LogP contribution in [0.2, 0.25) is 0 Å². The van der Waals surface area contributed by atoms with Crippen LogP contribution in [0.15, 0.2) is 65.6 Å². The number of anilines is 1. The summed E-state index contributed by atoms with van der Waals surface area (Å²) in [6.45, 7) is 4.61. The molecule has 0 bridgehead atoms. The average molecular weight is 683 g/mol. The smallest absolute Gasteiger partial charge is 0.270 e. The average Bonchev–Trinajstić information content (AvgIpc) is 3.03. The summed E-state index contributed by atoms with van der Waals surface area (Å²) in [7, 11) is 0. The van der Waals surface area contributed by atoms with Gasteiger partial charge in [-0.15, -0.1) is 0 Å². The highest BCUT2D eigenvalue weighted by Crippen LogP contribution is 2.38. The van der Waals surface area contributed by atoms with E-state index in [0.717, 1.165) is 35.3 Å². The summed E-state index contributed by atoms with van der Waals surface area (Å²) in [5.41, 5.74) is 5.21. The molecule has 1 fully saturated rings. The molecule has 1 saturated heterocycles. The number of rotatable bonds is 5. The minimum atomic E-state index is -0.0855. The van der Waals surface area contributed by atoms with Crippen molar-refractivity contribution >= 4 is 91.2 Å². The van der Waals surface area contributed by atoms with Gasteiger partial charge in [0.25, 0.3) is 5.91 Å². The summed E-state index contributed by atoms with van der Waals surface area (Å²) in [4.78, 5) is 15.4. The van der Waals surface area contributed by atoms with Gasteiger partial charge >= 0.3 is 0 Å². The lowest BCUT2D eigenvalue weighted by molar-refractivity contribution is -0.113. The van der Waals surface area contributed by atoms with Crippen molar-refractivity contribution in [3.05, 3.63) is 95.0 Å². The molecule has 0 aromatic heterocycles. The number of thioether (sulfide) groups is 1. The summed E-state index contributed by atoms with van der Waals surface area (Å²) in [5.74, 6) is 0.771. The van der Waals surface area contributed by atoms with Gasteiger partial charge in [0.15, 0.2) is 4.32 Å². The van der Waals surface area contributed by atoms with Crippen LogP contribution in [0.25, 0.3) is 6.08 Å². The van der Waals surface area contributed by atoms with Crippen molar-refractivity contribution in [1.82, 2.24) is 0 Å². The number of benzene rings is 3. The van der Waals surface area contributed by atoms with Crippen LogP contribution in [-0.2, 0) is 11.4 Å². The molecular weight excluding hydrogens is 664 g/mol. The first-order chi connectivity index (χ1) is 15.3. The molecule has 162 valence electrons. The molecular formula is C25H19I2NO2S2. The number of ether oxygens (including phenoxy) is 1. The monoisotopic (exact) mass is 683 g/mol. The number of carbonyl (C=O) groups is 1. The molecule has 7 heteroatoms. The fourth-order valence-electron chi connectivity index (χ4n) is 3.24. The molecule has 0 N–H and O–H groups in total. The van der Waals surface area contributed by atoms with Gasteiger partial charge in [0.2, 0.25) is 0 Å². The standard InChI is InChI=1S/C25H19I2NO2S2/c1-15-8-9-19(10-16(15)2)28-24(29)22(32-25(28)31)13-18-11-20(26)23(21(27)12-18)30-14-17-6-4-3-5-7-17/h3-13H,14H2,1-2H3. The minimum absolute atomic E-state index is 0.0855. The van der Waals surface area contributed by atoms with Gasteiger partial charge in [-0.05, 0) is 112 Å². The second kappa shape index (κ2) is 10.2. The van der Waals surface area contributed by atoms with Gasteiger partial charge < -0.3 is 4.74 Å². The van der Waals surface area contributed by atoms with Crippen molar-refractivity contribution in [3.63, 3.8) is 0 Å². The molecule has 0 saturated carbocycles. The summed E-state index contributed by atoms with van der Waals surface area (Å²) in [6.07, 6.45) is 1.91. The van der Waals surface area contributed by atoms with Crippen molar-refractivity contribution in [2.75, 3.05) is 4.90 Å². The molecule has 1 heterocycles. The third kappa shape index (κ3) is 5.21. The van der Waals surface area contributed by atoms with E-state index < -0.39 is 0 Å². The first-order valence-corrected chi connectivity index (χ1v) is 13.2. The van der Waals surface area contributed by atoms with Crippen LogP contribution in [0, 0.1) is 21.0 Å². The zero-order chi connectivity index (χ0) is 22.8. The molecule has 1 aliphatic rings. The number of thiocarbonyl (C=S) groups is 1. The zero-order valence-corrected chi connectivity index (χ0v) is 23.3. The van der Waals surface area contributed by atoms with Crippen LogP contribution in [-0.4, -0.2) is 10.2 Å². The number of carbonyl (C=O) groups excluding carboxylic acids is 1. The predicted molar refractivity (Wildman–Crippen MR) is 154 cm³/mol. The largest absolute Gasteiger partial charge is 0.487 e. The molecule has 0 radical (unpaired) electrons. The van der Waals surface area contributed by atoms with Crippen molar-refractivity contribution < 1.29 is 9.53 Å². The van der Waals surface area contributed by atoms with E-state index in [1.165, 1.54) is 17.3 Å². The van der Waals surface area contributed by atoms with Crippen molar-refractivity contribution in [2.24, 2.45) is 0 Å². The number of halogens is 2. The summed E-state index contributed by atoms with van der Waals surface area (Å²) >= 11 is 11.4. The SMILES string of the molecule is Cc1ccc(N2C(=O)C(=Cc3cc(I)c(OCc4ccccc4)c(I)c3)SC2=S)cc1C. The fourth-order valence-corrected chi connectivity index (χ4v) is 6.66. The number of hydrogen-bond acceptors (Lipinski definition) is 4. The van der Waals surface area contributed by atoms with E-state index in [4.69, 9.17) is 17.0 Å². The number of hydrogen-bond donors (Lipinski definition) is 0. The Hall–Kier alpha value is -1.43. The molecule has 0 spiro atoms. The normalized spacial score (nSPS) is 15.0. The van der Waals surface area contributed by atoms with Crippen LogP contribution >= 0.6 is 69.2 Å². The van der Waals surface area contributed by atoms with Crippen LogP contribution < -0.4 is 9.64 Å². The van der Waals surface area contributed by atoms with Crippen LogP contribution in [0.5, 0.6) is 5.75 Å². The lowest BCUT2D eigenvalue weighted by Gasteiger charge is -2.16. The Labute approximate surface area is 224 Å². The van der Waals surface area contributed by atoms with Gasteiger partial charge in [-0.2, -0.15) is 0 Å². The second-order valence-electron chi connectivity index (χ2n) is 7.37. The van der Waals surface area contributed by atoms with E-state index in [9.17, 15) is 4.79 Å².